The minimum atomic E-state index is 0.704. The summed E-state index contributed by atoms with van der Waals surface area (Å²) in [7, 11) is 0. The molecule has 2 aliphatic rings. The van der Waals surface area contributed by atoms with E-state index in [-0.39, 0.29) is 0 Å². The predicted molar refractivity (Wildman–Crippen MR) is 84.5 cm³/mol. The Labute approximate surface area is 120 Å². The molecule has 0 spiro atoms. The number of rotatable bonds is 3. The van der Waals surface area contributed by atoms with Gasteiger partial charge in [0.2, 0.25) is 0 Å². The number of benzene rings is 1. The lowest BCUT2D eigenvalue weighted by atomic mass is 10.1. The Balaban J connectivity index is 1.69. The van der Waals surface area contributed by atoms with Crippen LogP contribution in [0.3, 0.4) is 0 Å². The van der Waals surface area contributed by atoms with Crippen molar-refractivity contribution in [2.75, 3.05) is 23.3 Å². The van der Waals surface area contributed by atoms with Crippen molar-refractivity contribution >= 4 is 22.3 Å². The number of nitrogens with one attached hydrogen (secondary N) is 1. The molecule has 0 radical (unpaired) electrons. The van der Waals surface area contributed by atoms with Gasteiger partial charge in [0.25, 0.3) is 0 Å². The second-order valence-electron chi connectivity index (χ2n) is 6.04. The van der Waals surface area contributed by atoms with E-state index in [1.54, 1.807) is 0 Å². The molecule has 1 saturated heterocycles. The maximum Gasteiger partial charge on any atom is 0.136 e. The number of fused-ring (bicyclic) bond motifs is 1. The second-order valence-corrected chi connectivity index (χ2v) is 6.04. The normalized spacial score (nSPS) is 19.3. The van der Waals surface area contributed by atoms with Crippen LogP contribution in [0.5, 0.6) is 0 Å². The molecule has 1 aromatic heterocycles. The summed E-state index contributed by atoms with van der Waals surface area (Å²) in [5.74, 6) is 1.17. The van der Waals surface area contributed by atoms with Crippen LogP contribution in [0.4, 0.5) is 11.5 Å². The molecular formula is C17H21N3. The predicted octanol–water partition coefficient (Wildman–Crippen LogP) is 3.80. The molecule has 0 amide bonds. The molecule has 0 unspecified atom stereocenters. The fraction of sp³-hybridized carbons (Fsp3) is 0.471. The summed E-state index contributed by atoms with van der Waals surface area (Å²) in [6, 6.07) is 9.53. The first kappa shape index (κ1) is 12.0. The molecule has 1 aliphatic heterocycles. The van der Waals surface area contributed by atoms with Crippen molar-refractivity contribution in [3.63, 3.8) is 0 Å². The Kier molecular flexibility index (Phi) is 2.98. The first-order valence-corrected chi connectivity index (χ1v) is 7.80. The summed E-state index contributed by atoms with van der Waals surface area (Å²) >= 11 is 0. The van der Waals surface area contributed by atoms with E-state index in [2.05, 4.69) is 39.5 Å². The number of hydrogen-bond acceptors (Lipinski definition) is 3. The van der Waals surface area contributed by atoms with E-state index in [1.165, 1.54) is 54.4 Å². The van der Waals surface area contributed by atoms with Crippen LogP contribution >= 0.6 is 0 Å². The van der Waals surface area contributed by atoms with Crippen molar-refractivity contribution < 1.29 is 0 Å². The van der Waals surface area contributed by atoms with Crippen molar-refractivity contribution in [2.24, 2.45) is 0 Å². The van der Waals surface area contributed by atoms with E-state index in [4.69, 9.17) is 0 Å². The maximum atomic E-state index is 4.64. The molecule has 0 bridgehead atoms. The van der Waals surface area contributed by atoms with Gasteiger partial charge in [-0.15, -0.1) is 0 Å². The van der Waals surface area contributed by atoms with Crippen molar-refractivity contribution in [3.05, 3.63) is 30.5 Å². The molecule has 3 heteroatoms. The molecule has 2 heterocycles. The van der Waals surface area contributed by atoms with Gasteiger partial charge in [-0.25, -0.2) is 4.98 Å². The van der Waals surface area contributed by atoms with E-state index >= 15 is 0 Å². The zero-order chi connectivity index (χ0) is 13.4. The average Bonchev–Trinajstić information content (AvgIpc) is 3.31. The van der Waals surface area contributed by atoms with Crippen molar-refractivity contribution in [2.45, 2.75) is 38.1 Å². The van der Waals surface area contributed by atoms with Gasteiger partial charge in [0.1, 0.15) is 5.82 Å². The van der Waals surface area contributed by atoms with Gasteiger partial charge in [0, 0.05) is 36.4 Å². The maximum absolute atomic E-state index is 4.64. The number of anilines is 2. The smallest absolute Gasteiger partial charge is 0.136 e. The van der Waals surface area contributed by atoms with E-state index in [0.717, 1.165) is 13.1 Å². The first-order chi connectivity index (χ1) is 9.90. The monoisotopic (exact) mass is 267 g/mol. The van der Waals surface area contributed by atoms with Gasteiger partial charge in [-0.05, 0) is 61.8 Å². The SMILES string of the molecule is c1cc2cc(NC3CC3)ccc2c(N2CCCCC2)n1. The number of pyridine rings is 1. The molecular weight excluding hydrogens is 246 g/mol. The molecule has 1 saturated carbocycles. The van der Waals surface area contributed by atoms with Crippen molar-refractivity contribution in [3.8, 4) is 0 Å². The van der Waals surface area contributed by atoms with Gasteiger partial charge in [0.05, 0.1) is 0 Å². The summed E-state index contributed by atoms with van der Waals surface area (Å²) in [5.41, 5.74) is 1.25. The van der Waals surface area contributed by atoms with Crippen LogP contribution in [0, 0.1) is 0 Å². The topological polar surface area (TPSA) is 28.2 Å². The summed E-state index contributed by atoms with van der Waals surface area (Å²) in [6.45, 7) is 2.29. The highest BCUT2D eigenvalue weighted by Gasteiger charge is 2.21. The fourth-order valence-corrected chi connectivity index (χ4v) is 3.07. The lowest BCUT2D eigenvalue weighted by Crippen LogP contribution is -2.30. The van der Waals surface area contributed by atoms with Crippen LogP contribution in [0.2, 0.25) is 0 Å². The Morgan fingerprint density at radius 1 is 1.05 bits per heavy atom. The summed E-state index contributed by atoms with van der Waals surface area (Å²) in [4.78, 5) is 7.08. The van der Waals surface area contributed by atoms with Gasteiger partial charge < -0.3 is 10.2 Å². The molecule has 1 N–H and O–H groups in total. The van der Waals surface area contributed by atoms with Crippen LogP contribution in [-0.2, 0) is 0 Å². The highest BCUT2D eigenvalue weighted by atomic mass is 15.2. The fourth-order valence-electron chi connectivity index (χ4n) is 3.07. The average molecular weight is 267 g/mol. The summed E-state index contributed by atoms with van der Waals surface area (Å²) in [5, 5.41) is 6.16. The largest absolute Gasteiger partial charge is 0.382 e. The quantitative estimate of drug-likeness (QED) is 0.916. The Bertz CT molecular complexity index is 613. The van der Waals surface area contributed by atoms with E-state index < -0.39 is 0 Å². The molecule has 0 atom stereocenters. The van der Waals surface area contributed by atoms with E-state index in [9.17, 15) is 0 Å². The third kappa shape index (κ3) is 2.33. The van der Waals surface area contributed by atoms with Crippen LogP contribution < -0.4 is 10.2 Å². The lowest BCUT2D eigenvalue weighted by Gasteiger charge is -2.28. The number of aromatic nitrogens is 1. The molecule has 20 heavy (non-hydrogen) atoms. The van der Waals surface area contributed by atoms with Crippen molar-refractivity contribution in [1.82, 2.24) is 4.98 Å². The Morgan fingerprint density at radius 2 is 1.90 bits per heavy atom. The Morgan fingerprint density at radius 3 is 2.70 bits per heavy atom. The Hall–Kier alpha value is -1.77. The third-order valence-electron chi connectivity index (χ3n) is 4.35. The van der Waals surface area contributed by atoms with Gasteiger partial charge in [-0.3, -0.25) is 0 Å². The highest BCUT2D eigenvalue weighted by molar-refractivity contribution is 5.94. The standard InChI is InChI=1S/C17H21N3/c1-2-10-20(11-3-1)17-16-7-6-15(19-14-4-5-14)12-13(16)8-9-18-17/h6-9,12,14,19H,1-5,10-11H2. The molecule has 1 aromatic carbocycles. The molecule has 2 aromatic rings. The van der Waals surface area contributed by atoms with E-state index in [1.807, 2.05) is 6.20 Å². The molecule has 104 valence electrons. The van der Waals surface area contributed by atoms with Gasteiger partial charge in [-0.2, -0.15) is 0 Å². The van der Waals surface area contributed by atoms with Gasteiger partial charge >= 0.3 is 0 Å². The third-order valence-corrected chi connectivity index (χ3v) is 4.35. The van der Waals surface area contributed by atoms with Gasteiger partial charge in [0.15, 0.2) is 0 Å². The zero-order valence-corrected chi connectivity index (χ0v) is 11.8. The van der Waals surface area contributed by atoms with Crippen LogP contribution in [0.25, 0.3) is 10.8 Å². The first-order valence-electron chi connectivity index (χ1n) is 7.80. The minimum absolute atomic E-state index is 0.704. The van der Waals surface area contributed by atoms with Crippen LogP contribution in [0.1, 0.15) is 32.1 Å². The lowest BCUT2D eigenvalue weighted by molar-refractivity contribution is 0.575. The highest BCUT2D eigenvalue weighted by Crippen LogP contribution is 2.30. The number of hydrogen-bond donors (Lipinski definition) is 1. The molecule has 3 nitrogen and oxygen atoms in total. The summed E-state index contributed by atoms with van der Waals surface area (Å²) < 4.78 is 0. The van der Waals surface area contributed by atoms with Gasteiger partial charge in [-0.1, -0.05) is 0 Å². The number of nitrogens with zero attached hydrogens (tertiary/aromatic N) is 2. The minimum Gasteiger partial charge on any atom is -0.382 e. The summed E-state index contributed by atoms with van der Waals surface area (Å²) in [6.07, 6.45) is 8.52. The van der Waals surface area contributed by atoms with E-state index in [0.29, 0.717) is 6.04 Å². The zero-order valence-electron chi connectivity index (χ0n) is 11.8. The second kappa shape index (κ2) is 4.97. The number of piperidine rings is 1. The molecule has 2 fully saturated rings. The van der Waals surface area contributed by atoms with Crippen LogP contribution in [0.15, 0.2) is 30.5 Å². The molecule has 4 rings (SSSR count). The van der Waals surface area contributed by atoms with Crippen molar-refractivity contribution in [1.29, 1.82) is 0 Å². The van der Waals surface area contributed by atoms with Crippen LogP contribution in [-0.4, -0.2) is 24.1 Å². The molecule has 1 aliphatic carbocycles.